The summed E-state index contributed by atoms with van der Waals surface area (Å²) < 4.78 is 5.24. The molecule has 3 heteroatoms. The number of Topliss-reactive ketones (excluding diaryl/α,β-unsaturated/α-hetero) is 1. The lowest BCUT2D eigenvalue weighted by atomic mass is 9.76. The Balaban J connectivity index is 1.82. The standard InChI is InChI=1S/C23H29NO2/c1-17-6-5-7-18(14-17)15-22(25)21-16-24(13-12-23(21,2)3)19-8-10-20(26-4)11-9-19/h5,7-11,14,16-17H,6,12-13,15H2,1-4H3. The molecule has 0 amide bonds. The van der Waals surface area contributed by atoms with E-state index < -0.39 is 0 Å². The summed E-state index contributed by atoms with van der Waals surface area (Å²) in [6.07, 6.45) is 11.1. The molecule has 3 rings (SSSR count). The first kappa shape index (κ1) is 18.5. The molecule has 1 aliphatic carbocycles. The predicted molar refractivity (Wildman–Crippen MR) is 107 cm³/mol. The number of hydrogen-bond donors (Lipinski definition) is 0. The molecule has 0 radical (unpaired) electrons. The predicted octanol–water partition coefficient (Wildman–Crippen LogP) is 5.30. The fraction of sp³-hybridized carbons (Fsp3) is 0.435. The van der Waals surface area contributed by atoms with E-state index in [1.807, 2.05) is 24.3 Å². The van der Waals surface area contributed by atoms with E-state index in [0.717, 1.165) is 42.0 Å². The Kier molecular flexibility index (Phi) is 5.36. The molecule has 26 heavy (non-hydrogen) atoms. The quantitative estimate of drug-likeness (QED) is 0.721. The van der Waals surface area contributed by atoms with Gasteiger partial charge in [-0.3, -0.25) is 4.79 Å². The molecule has 1 unspecified atom stereocenters. The van der Waals surface area contributed by atoms with Gasteiger partial charge in [-0.15, -0.1) is 0 Å². The number of anilines is 1. The monoisotopic (exact) mass is 351 g/mol. The molecule has 1 aromatic rings. The zero-order chi connectivity index (χ0) is 18.7. The number of methoxy groups -OCH3 is 1. The van der Waals surface area contributed by atoms with Crippen LogP contribution >= 0.6 is 0 Å². The van der Waals surface area contributed by atoms with E-state index in [0.29, 0.717) is 12.3 Å². The lowest BCUT2D eigenvalue weighted by molar-refractivity contribution is -0.116. The molecule has 138 valence electrons. The normalized spacial score (nSPS) is 21.8. The average Bonchev–Trinajstić information content (AvgIpc) is 2.61. The summed E-state index contributed by atoms with van der Waals surface area (Å²) in [4.78, 5) is 15.3. The molecule has 0 fully saturated rings. The van der Waals surface area contributed by atoms with Crippen LogP contribution in [0.15, 0.2) is 59.8 Å². The summed E-state index contributed by atoms with van der Waals surface area (Å²) >= 11 is 0. The van der Waals surface area contributed by atoms with Crippen molar-refractivity contribution in [3.63, 3.8) is 0 Å². The van der Waals surface area contributed by atoms with Crippen LogP contribution in [0, 0.1) is 11.3 Å². The summed E-state index contributed by atoms with van der Waals surface area (Å²) in [5, 5.41) is 0. The number of nitrogens with zero attached hydrogens (tertiary/aromatic N) is 1. The van der Waals surface area contributed by atoms with Gasteiger partial charge in [0.25, 0.3) is 0 Å². The van der Waals surface area contributed by atoms with Gasteiger partial charge in [0, 0.05) is 30.4 Å². The van der Waals surface area contributed by atoms with Crippen LogP contribution in [0.1, 0.15) is 40.0 Å². The van der Waals surface area contributed by atoms with E-state index in [2.05, 4.69) is 50.1 Å². The van der Waals surface area contributed by atoms with Gasteiger partial charge in [0.2, 0.25) is 0 Å². The molecule has 0 aromatic heterocycles. The van der Waals surface area contributed by atoms with Crippen LogP contribution in [-0.4, -0.2) is 19.4 Å². The first-order valence-corrected chi connectivity index (χ1v) is 9.42. The Morgan fingerprint density at radius 2 is 2.00 bits per heavy atom. The summed E-state index contributed by atoms with van der Waals surface area (Å²) in [6, 6.07) is 8.01. The maximum Gasteiger partial charge on any atom is 0.165 e. The van der Waals surface area contributed by atoms with E-state index in [1.54, 1.807) is 7.11 Å². The Labute approximate surface area is 157 Å². The van der Waals surface area contributed by atoms with Gasteiger partial charge in [-0.1, -0.05) is 39.0 Å². The second-order valence-corrected chi connectivity index (χ2v) is 8.02. The van der Waals surface area contributed by atoms with Crippen molar-refractivity contribution in [2.75, 3.05) is 18.6 Å². The van der Waals surface area contributed by atoms with Crippen molar-refractivity contribution in [2.24, 2.45) is 11.3 Å². The van der Waals surface area contributed by atoms with Gasteiger partial charge in [0.05, 0.1) is 7.11 Å². The minimum atomic E-state index is -0.0926. The Morgan fingerprint density at radius 1 is 1.27 bits per heavy atom. The number of ketones is 1. The van der Waals surface area contributed by atoms with Crippen molar-refractivity contribution < 1.29 is 9.53 Å². The van der Waals surface area contributed by atoms with Gasteiger partial charge in [-0.25, -0.2) is 0 Å². The highest BCUT2D eigenvalue weighted by atomic mass is 16.5. The summed E-state index contributed by atoms with van der Waals surface area (Å²) in [6.45, 7) is 7.46. The number of ether oxygens (including phenoxy) is 1. The molecule has 0 saturated carbocycles. The van der Waals surface area contributed by atoms with Crippen molar-refractivity contribution in [1.29, 1.82) is 0 Å². The van der Waals surface area contributed by atoms with Crippen molar-refractivity contribution in [3.8, 4) is 5.75 Å². The molecule has 0 saturated heterocycles. The van der Waals surface area contributed by atoms with E-state index in [-0.39, 0.29) is 11.2 Å². The maximum absolute atomic E-state index is 13.1. The van der Waals surface area contributed by atoms with Crippen LogP contribution < -0.4 is 9.64 Å². The third-order valence-corrected chi connectivity index (χ3v) is 5.40. The van der Waals surface area contributed by atoms with Gasteiger partial charge in [0.15, 0.2) is 5.78 Å². The summed E-state index contributed by atoms with van der Waals surface area (Å²) in [5.41, 5.74) is 3.07. The van der Waals surface area contributed by atoms with Crippen LogP contribution in [0.25, 0.3) is 0 Å². The van der Waals surface area contributed by atoms with Crippen molar-refractivity contribution >= 4 is 11.5 Å². The van der Waals surface area contributed by atoms with Gasteiger partial charge in [-0.05, 0) is 54.0 Å². The zero-order valence-corrected chi connectivity index (χ0v) is 16.3. The topological polar surface area (TPSA) is 29.5 Å². The molecule has 2 aliphatic rings. The molecule has 0 bridgehead atoms. The molecule has 0 spiro atoms. The van der Waals surface area contributed by atoms with Crippen molar-refractivity contribution in [2.45, 2.75) is 40.0 Å². The lowest BCUT2D eigenvalue weighted by Gasteiger charge is -2.37. The minimum Gasteiger partial charge on any atom is -0.497 e. The number of benzene rings is 1. The van der Waals surface area contributed by atoms with Gasteiger partial charge >= 0.3 is 0 Å². The highest BCUT2D eigenvalue weighted by Crippen LogP contribution is 2.38. The first-order valence-electron chi connectivity index (χ1n) is 9.42. The smallest absolute Gasteiger partial charge is 0.165 e. The van der Waals surface area contributed by atoms with E-state index in [4.69, 9.17) is 4.74 Å². The molecule has 1 atom stereocenters. The third-order valence-electron chi connectivity index (χ3n) is 5.40. The zero-order valence-electron chi connectivity index (χ0n) is 16.3. The molecule has 3 nitrogen and oxygen atoms in total. The van der Waals surface area contributed by atoms with Gasteiger partial charge in [0.1, 0.15) is 5.75 Å². The van der Waals surface area contributed by atoms with Crippen LogP contribution in [0.2, 0.25) is 0 Å². The SMILES string of the molecule is COc1ccc(N2C=C(C(=O)CC3=CC(C)CC=C3)C(C)(C)CC2)cc1. The molecule has 1 aromatic carbocycles. The van der Waals surface area contributed by atoms with Gasteiger partial charge in [-0.2, -0.15) is 0 Å². The summed E-state index contributed by atoms with van der Waals surface area (Å²) in [5.74, 6) is 1.60. The number of hydrogen-bond acceptors (Lipinski definition) is 3. The fourth-order valence-electron chi connectivity index (χ4n) is 3.68. The molecule has 0 N–H and O–H groups in total. The number of carbonyl (C=O) groups is 1. The second-order valence-electron chi connectivity index (χ2n) is 8.02. The summed E-state index contributed by atoms with van der Waals surface area (Å²) in [7, 11) is 1.67. The Bertz CT molecular complexity index is 753. The van der Waals surface area contributed by atoms with Crippen LogP contribution in [0.4, 0.5) is 5.69 Å². The minimum absolute atomic E-state index is 0.0926. The molecular formula is C23H29NO2. The molecule has 1 aliphatic heterocycles. The van der Waals surface area contributed by atoms with E-state index in [9.17, 15) is 4.79 Å². The van der Waals surface area contributed by atoms with Gasteiger partial charge < -0.3 is 9.64 Å². The fourth-order valence-corrected chi connectivity index (χ4v) is 3.68. The first-order chi connectivity index (χ1) is 12.4. The highest BCUT2D eigenvalue weighted by Gasteiger charge is 2.33. The number of carbonyl (C=O) groups excluding carboxylic acids is 1. The van der Waals surface area contributed by atoms with Crippen LogP contribution in [-0.2, 0) is 4.79 Å². The average molecular weight is 351 g/mol. The second kappa shape index (κ2) is 7.53. The number of rotatable bonds is 5. The van der Waals surface area contributed by atoms with Crippen molar-refractivity contribution in [3.05, 3.63) is 59.8 Å². The Hall–Kier alpha value is -2.29. The lowest BCUT2D eigenvalue weighted by Crippen LogP contribution is -2.35. The molecule has 1 heterocycles. The highest BCUT2D eigenvalue weighted by molar-refractivity contribution is 5.99. The van der Waals surface area contributed by atoms with Crippen LogP contribution in [0.3, 0.4) is 0 Å². The molecular weight excluding hydrogens is 322 g/mol. The van der Waals surface area contributed by atoms with E-state index in [1.165, 1.54) is 0 Å². The van der Waals surface area contributed by atoms with Crippen LogP contribution in [0.5, 0.6) is 5.75 Å². The van der Waals surface area contributed by atoms with E-state index >= 15 is 0 Å². The largest absolute Gasteiger partial charge is 0.497 e. The third kappa shape index (κ3) is 4.09. The Morgan fingerprint density at radius 3 is 2.65 bits per heavy atom. The number of allylic oxidation sites excluding steroid dienone is 5. The van der Waals surface area contributed by atoms with Crippen molar-refractivity contribution in [1.82, 2.24) is 0 Å². The maximum atomic E-state index is 13.1.